The summed E-state index contributed by atoms with van der Waals surface area (Å²) in [7, 11) is 0. The Morgan fingerprint density at radius 1 is 1.44 bits per heavy atom. The Morgan fingerprint density at radius 2 is 2.16 bits per heavy atom. The topological polar surface area (TPSA) is 107 Å². The molecular weight excluding hydrogens is 321 g/mol. The Bertz CT molecular complexity index is 680. The minimum atomic E-state index is -0.905. The van der Waals surface area contributed by atoms with Gasteiger partial charge in [0.05, 0.1) is 17.5 Å². The minimum Gasteiger partial charge on any atom is -0.404 e. The summed E-state index contributed by atoms with van der Waals surface area (Å²) in [5.74, 6) is -0.463. The molecular formula is C18H26FN5O. The zero-order valence-corrected chi connectivity index (χ0v) is 14.9. The molecule has 0 unspecified atom stereocenters. The molecule has 5 N–H and O–H groups in total. The highest BCUT2D eigenvalue weighted by molar-refractivity contribution is 6.48. The van der Waals surface area contributed by atoms with Crippen LogP contribution in [0.15, 0.2) is 40.1 Å². The van der Waals surface area contributed by atoms with Gasteiger partial charge in [0.25, 0.3) is 0 Å². The smallest absolute Gasteiger partial charge is 0.123 e. The lowest BCUT2D eigenvalue weighted by molar-refractivity contribution is 0.198. The van der Waals surface area contributed by atoms with Crippen LogP contribution >= 0.6 is 0 Å². The van der Waals surface area contributed by atoms with Crippen LogP contribution in [-0.4, -0.2) is 35.8 Å². The van der Waals surface area contributed by atoms with Gasteiger partial charge in [-0.15, -0.1) is 0 Å². The maximum Gasteiger partial charge on any atom is 0.123 e. The number of aliphatic hydroxyl groups is 1. The molecule has 0 aromatic heterocycles. The van der Waals surface area contributed by atoms with Gasteiger partial charge in [0, 0.05) is 31.3 Å². The van der Waals surface area contributed by atoms with Gasteiger partial charge in [-0.05, 0) is 56.3 Å². The second-order valence-electron chi connectivity index (χ2n) is 5.40. The van der Waals surface area contributed by atoms with Crippen LogP contribution < -0.4 is 11.2 Å². The lowest BCUT2D eigenvalue weighted by atomic mass is 9.94. The molecule has 0 aliphatic carbocycles. The predicted octanol–water partition coefficient (Wildman–Crippen LogP) is 2.54. The third-order valence-corrected chi connectivity index (χ3v) is 3.42. The lowest BCUT2D eigenvalue weighted by Gasteiger charge is -2.15. The van der Waals surface area contributed by atoms with Gasteiger partial charge in [-0.1, -0.05) is 0 Å². The van der Waals surface area contributed by atoms with Crippen molar-refractivity contribution in [1.82, 2.24) is 5.43 Å². The molecule has 136 valence electrons. The van der Waals surface area contributed by atoms with Crippen LogP contribution in [0.4, 0.5) is 4.39 Å². The molecule has 0 saturated carbocycles. The molecule has 7 heteroatoms. The second-order valence-corrected chi connectivity index (χ2v) is 5.40. The highest BCUT2D eigenvalue weighted by Crippen LogP contribution is 2.21. The standard InChI is InChI=1S/C18H26FN5O/c1-4-22-11-13(10-20)8-17(24-23-5-2)18(21)15-7-6-14(19)9-16(15)12(3)25/h6-7,9-12,21,23,25H,4-5,8,20H2,1-3H3/b13-10?,21-18?,22-11?,24-17-/t12-/m1/s1. The molecule has 25 heavy (non-hydrogen) atoms. The van der Waals surface area contributed by atoms with Crippen molar-refractivity contribution in [3.8, 4) is 0 Å². The molecule has 0 fully saturated rings. The molecule has 0 aliphatic rings. The van der Waals surface area contributed by atoms with E-state index in [0.717, 1.165) is 0 Å². The third kappa shape index (κ3) is 6.11. The first-order valence-electron chi connectivity index (χ1n) is 8.21. The highest BCUT2D eigenvalue weighted by atomic mass is 19.1. The fourth-order valence-corrected chi connectivity index (χ4v) is 2.17. The van der Waals surface area contributed by atoms with Crippen molar-refractivity contribution in [2.75, 3.05) is 13.1 Å². The number of nitrogens with two attached hydrogens (primary N) is 1. The average Bonchev–Trinajstić information content (AvgIpc) is 2.60. The van der Waals surface area contributed by atoms with Gasteiger partial charge in [0.2, 0.25) is 0 Å². The van der Waals surface area contributed by atoms with Gasteiger partial charge >= 0.3 is 0 Å². The van der Waals surface area contributed by atoms with Crippen LogP contribution in [0.2, 0.25) is 0 Å². The molecule has 1 aromatic carbocycles. The zero-order chi connectivity index (χ0) is 18.8. The number of nitrogens with zero attached hydrogens (tertiary/aromatic N) is 2. The molecule has 0 aliphatic heterocycles. The van der Waals surface area contributed by atoms with E-state index in [0.29, 0.717) is 41.9 Å². The number of rotatable bonds is 9. The lowest BCUT2D eigenvalue weighted by Crippen LogP contribution is -2.22. The van der Waals surface area contributed by atoms with Crippen LogP contribution in [0, 0.1) is 11.2 Å². The van der Waals surface area contributed by atoms with E-state index in [1.807, 2.05) is 13.8 Å². The number of nitrogens with one attached hydrogen (secondary N) is 2. The minimum absolute atomic E-state index is 0.0982. The number of halogens is 1. The van der Waals surface area contributed by atoms with Gasteiger partial charge in [-0.3, -0.25) is 10.4 Å². The molecule has 1 rings (SSSR count). The molecule has 0 heterocycles. The van der Waals surface area contributed by atoms with E-state index in [4.69, 9.17) is 11.1 Å². The van der Waals surface area contributed by atoms with Crippen molar-refractivity contribution in [3.05, 3.63) is 46.9 Å². The average molecular weight is 347 g/mol. The summed E-state index contributed by atoms with van der Waals surface area (Å²) in [5.41, 5.74) is 10.5. The van der Waals surface area contributed by atoms with E-state index in [-0.39, 0.29) is 5.71 Å². The Morgan fingerprint density at radius 3 is 2.72 bits per heavy atom. The number of allylic oxidation sites excluding steroid dienone is 1. The quantitative estimate of drug-likeness (QED) is 0.407. The van der Waals surface area contributed by atoms with Crippen molar-refractivity contribution in [2.24, 2.45) is 15.8 Å². The maximum atomic E-state index is 13.5. The van der Waals surface area contributed by atoms with Crippen molar-refractivity contribution in [2.45, 2.75) is 33.3 Å². The first kappa shape index (κ1) is 20.5. The van der Waals surface area contributed by atoms with E-state index in [2.05, 4.69) is 15.5 Å². The molecule has 1 aromatic rings. The summed E-state index contributed by atoms with van der Waals surface area (Å²) >= 11 is 0. The van der Waals surface area contributed by atoms with E-state index >= 15 is 0 Å². The maximum absolute atomic E-state index is 13.5. The monoisotopic (exact) mass is 347 g/mol. The fourth-order valence-electron chi connectivity index (χ4n) is 2.17. The summed E-state index contributed by atoms with van der Waals surface area (Å²) in [6, 6.07) is 3.98. The van der Waals surface area contributed by atoms with E-state index in [1.54, 1.807) is 6.21 Å². The fraction of sp³-hybridized carbons (Fsp3) is 0.389. The first-order valence-corrected chi connectivity index (χ1v) is 8.21. The second kappa shape index (κ2) is 10.4. The molecule has 0 bridgehead atoms. The number of hydrazone groups is 1. The summed E-state index contributed by atoms with van der Waals surface area (Å²) in [5, 5.41) is 22.7. The van der Waals surface area contributed by atoms with Crippen LogP contribution in [0.5, 0.6) is 0 Å². The van der Waals surface area contributed by atoms with Gasteiger partial charge < -0.3 is 16.3 Å². The summed E-state index contributed by atoms with van der Waals surface area (Å²) in [4.78, 5) is 4.16. The van der Waals surface area contributed by atoms with Crippen molar-refractivity contribution in [1.29, 1.82) is 5.41 Å². The Balaban J connectivity index is 3.24. The largest absolute Gasteiger partial charge is 0.404 e. The Hall–Kier alpha value is -2.54. The molecule has 0 spiro atoms. The SMILES string of the molecule is CCN=CC(=CN)C/C(=N/NCC)C(=N)c1ccc(F)cc1[C@@H](C)O. The number of aliphatic hydroxyl groups excluding tert-OH is 1. The highest BCUT2D eigenvalue weighted by Gasteiger charge is 2.18. The molecule has 6 nitrogen and oxygen atoms in total. The van der Waals surface area contributed by atoms with Gasteiger partial charge in [0.15, 0.2) is 0 Å². The van der Waals surface area contributed by atoms with Crippen molar-refractivity contribution < 1.29 is 9.50 Å². The summed E-state index contributed by atoms with van der Waals surface area (Å²) in [6.07, 6.45) is 2.46. The van der Waals surface area contributed by atoms with E-state index in [9.17, 15) is 9.50 Å². The number of hydrogen-bond donors (Lipinski definition) is 4. The van der Waals surface area contributed by atoms with Crippen molar-refractivity contribution in [3.63, 3.8) is 0 Å². The molecule has 0 radical (unpaired) electrons. The number of hydrogen-bond acceptors (Lipinski definition) is 6. The van der Waals surface area contributed by atoms with Crippen LogP contribution in [0.25, 0.3) is 0 Å². The van der Waals surface area contributed by atoms with Crippen LogP contribution in [-0.2, 0) is 0 Å². The van der Waals surface area contributed by atoms with E-state index < -0.39 is 11.9 Å². The number of aliphatic imine (C=N–C) groups is 1. The van der Waals surface area contributed by atoms with Crippen molar-refractivity contribution >= 4 is 17.6 Å². The Kier molecular flexibility index (Phi) is 8.49. The normalized spacial score (nSPS) is 14.0. The van der Waals surface area contributed by atoms with Gasteiger partial charge in [0.1, 0.15) is 5.82 Å². The van der Waals surface area contributed by atoms with Crippen LogP contribution in [0.3, 0.4) is 0 Å². The Labute approximate surface area is 147 Å². The van der Waals surface area contributed by atoms with Gasteiger partial charge in [-0.25, -0.2) is 4.39 Å². The van der Waals surface area contributed by atoms with E-state index in [1.165, 1.54) is 31.3 Å². The zero-order valence-electron chi connectivity index (χ0n) is 14.9. The third-order valence-electron chi connectivity index (χ3n) is 3.42. The van der Waals surface area contributed by atoms with Crippen LogP contribution in [0.1, 0.15) is 44.4 Å². The number of benzene rings is 1. The molecule has 1 atom stereocenters. The van der Waals surface area contributed by atoms with Gasteiger partial charge in [-0.2, -0.15) is 5.10 Å². The summed E-state index contributed by atoms with van der Waals surface area (Å²) < 4.78 is 13.5. The molecule has 0 amide bonds. The predicted molar refractivity (Wildman–Crippen MR) is 101 cm³/mol. The summed E-state index contributed by atoms with van der Waals surface area (Å²) in [6.45, 7) is 6.55. The molecule has 0 saturated heterocycles. The first-order chi connectivity index (χ1) is 11.9.